The minimum absolute atomic E-state index is 0.0548. The minimum atomic E-state index is -0.413. The molecule has 0 amide bonds. The van der Waals surface area contributed by atoms with Gasteiger partial charge in [-0.05, 0) is 43.8 Å². The zero-order valence-corrected chi connectivity index (χ0v) is 14.3. The molecule has 0 radical (unpaired) electrons. The van der Waals surface area contributed by atoms with Crippen LogP contribution in [-0.2, 0) is 6.54 Å². The highest BCUT2D eigenvalue weighted by atomic mass is 19.1. The van der Waals surface area contributed by atoms with Crippen molar-refractivity contribution < 1.29 is 13.8 Å². The Morgan fingerprint density at radius 1 is 1.27 bits per heavy atom. The fraction of sp³-hybridized carbons (Fsp3) is 0.222. The molecule has 1 atom stereocenters. The fourth-order valence-corrected chi connectivity index (χ4v) is 2.54. The van der Waals surface area contributed by atoms with Gasteiger partial charge in [0.15, 0.2) is 0 Å². The van der Waals surface area contributed by atoms with Gasteiger partial charge in [0.25, 0.3) is 5.69 Å². The number of hydrogen-bond donors (Lipinski definition) is 0. The van der Waals surface area contributed by atoms with Gasteiger partial charge in [0.2, 0.25) is 11.7 Å². The Kier molecular flexibility index (Phi) is 5.04. The van der Waals surface area contributed by atoms with Gasteiger partial charge in [-0.3, -0.25) is 15.0 Å². The van der Waals surface area contributed by atoms with Crippen LogP contribution in [0.1, 0.15) is 24.4 Å². The van der Waals surface area contributed by atoms with Crippen molar-refractivity contribution in [3.05, 3.63) is 75.9 Å². The van der Waals surface area contributed by atoms with Gasteiger partial charge in [0.05, 0.1) is 11.5 Å². The molecule has 0 saturated heterocycles. The molecule has 1 aromatic heterocycles. The van der Waals surface area contributed by atoms with Gasteiger partial charge >= 0.3 is 0 Å². The third-order valence-electron chi connectivity index (χ3n) is 4.18. The maximum absolute atomic E-state index is 13.0. The largest absolute Gasteiger partial charge is 0.338 e. The van der Waals surface area contributed by atoms with Crippen molar-refractivity contribution >= 4 is 5.69 Å². The van der Waals surface area contributed by atoms with Crippen LogP contribution in [-0.4, -0.2) is 27.0 Å². The monoisotopic (exact) mass is 356 g/mol. The van der Waals surface area contributed by atoms with E-state index in [4.69, 9.17) is 4.52 Å². The molecule has 0 aliphatic carbocycles. The van der Waals surface area contributed by atoms with Crippen LogP contribution < -0.4 is 0 Å². The third kappa shape index (κ3) is 3.92. The van der Waals surface area contributed by atoms with Gasteiger partial charge in [-0.1, -0.05) is 17.3 Å². The van der Waals surface area contributed by atoms with Crippen LogP contribution in [0.5, 0.6) is 0 Å². The quantitative estimate of drug-likeness (QED) is 0.491. The summed E-state index contributed by atoms with van der Waals surface area (Å²) in [4.78, 5) is 16.8. The third-order valence-corrected chi connectivity index (χ3v) is 4.18. The maximum Gasteiger partial charge on any atom is 0.269 e. The standard InChI is InChI=1S/C18H17FN4O3/c1-12(14-4-3-5-16(10-14)23(24)25)22(2)11-17-20-18(21-26-17)13-6-8-15(19)9-7-13/h3-10,12H,11H2,1-2H3/t12-/m0/s1. The predicted molar refractivity (Wildman–Crippen MR) is 92.7 cm³/mol. The lowest BCUT2D eigenvalue weighted by Gasteiger charge is -2.23. The summed E-state index contributed by atoms with van der Waals surface area (Å²) >= 11 is 0. The van der Waals surface area contributed by atoms with Crippen LogP contribution in [0, 0.1) is 15.9 Å². The lowest BCUT2D eigenvalue weighted by atomic mass is 10.1. The molecule has 3 rings (SSSR count). The van der Waals surface area contributed by atoms with E-state index in [9.17, 15) is 14.5 Å². The SMILES string of the molecule is C[C@@H](c1cccc([N+](=O)[O-])c1)N(C)Cc1nc(-c2ccc(F)cc2)no1. The molecule has 0 aliphatic heterocycles. The van der Waals surface area contributed by atoms with Gasteiger partial charge in [0, 0.05) is 23.7 Å². The number of nitro groups is 1. The molecule has 0 bridgehead atoms. The van der Waals surface area contributed by atoms with E-state index in [1.54, 1.807) is 24.3 Å². The van der Waals surface area contributed by atoms with Crippen molar-refractivity contribution in [2.24, 2.45) is 0 Å². The zero-order chi connectivity index (χ0) is 18.7. The van der Waals surface area contributed by atoms with E-state index in [1.807, 2.05) is 24.9 Å². The molecule has 0 saturated carbocycles. The smallest absolute Gasteiger partial charge is 0.269 e. The highest BCUT2D eigenvalue weighted by Gasteiger charge is 2.18. The molecule has 0 aliphatic rings. The number of rotatable bonds is 6. The van der Waals surface area contributed by atoms with E-state index in [0.29, 0.717) is 23.8 Å². The second kappa shape index (κ2) is 7.40. The first-order valence-corrected chi connectivity index (χ1v) is 7.97. The molecule has 8 heteroatoms. The number of benzene rings is 2. The maximum atomic E-state index is 13.0. The van der Waals surface area contributed by atoms with E-state index >= 15 is 0 Å². The topological polar surface area (TPSA) is 85.3 Å². The first kappa shape index (κ1) is 17.7. The normalized spacial score (nSPS) is 12.3. The van der Waals surface area contributed by atoms with Gasteiger partial charge in [0.1, 0.15) is 5.82 Å². The van der Waals surface area contributed by atoms with Crippen molar-refractivity contribution in [3.8, 4) is 11.4 Å². The number of halogens is 1. The fourth-order valence-electron chi connectivity index (χ4n) is 2.54. The number of hydrogen-bond acceptors (Lipinski definition) is 6. The van der Waals surface area contributed by atoms with Gasteiger partial charge in [-0.15, -0.1) is 0 Å². The number of nitrogens with zero attached hydrogens (tertiary/aromatic N) is 4. The van der Waals surface area contributed by atoms with E-state index in [2.05, 4.69) is 10.1 Å². The van der Waals surface area contributed by atoms with E-state index in [1.165, 1.54) is 18.2 Å². The molecule has 0 spiro atoms. The summed E-state index contributed by atoms with van der Waals surface area (Å²) in [7, 11) is 1.87. The second-order valence-electron chi connectivity index (χ2n) is 5.96. The Hall–Kier alpha value is -3.13. The Bertz CT molecular complexity index is 911. The summed E-state index contributed by atoms with van der Waals surface area (Å²) in [5.74, 6) is 0.462. The molecule has 1 heterocycles. The van der Waals surface area contributed by atoms with Gasteiger partial charge in [-0.25, -0.2) is 4.39 Å². The minimum Gasteiger partial charge on any atom is -0.338 e. The lowest BCUT2D eigenvalue weighted by Crippen LogP contribution is -2.22. The molecule has 2 aromatic carbocycles. The molecule has 26 heavy (non-hydrogen) atoms. The van der Waals surface area contributed by atoms with E-state index < -0.39 is 4.92 Å². The highest BCUT2D eigenvalue weighted by Crippen LogP contribution is 2.24. The number of aromatic nitrogens is 2. The summed E-state index contributed by atoms with van der Waals surface area (Å²) in [5.41, 5.74) is 1.54. The van der Waals surface area contributed by atoms with Crippen molar-refractivity contribution in [2.45, 2.75) is 19.5 Å². The van der Waals surface area contributed by atoms with Crippen LogP contribution in [0.4, 0.5) is 10.1 Å². The first-order chi connectivity index (χ1) is 12.4. The molecule has 0 N–H and O–H groups in total. The number of nitro benzene ring substituents is 1. The van der Waals surface area contributed by atoms with Gasteiger partial charge < -0.3 is 4.52 Å². The van der Waals surface area contributed by atoms with E-state index in [0.717, 1.165) is 5.56 Å². The average molecular weight is 356 g/mol. The molecular formula is C18H17FN4O3. The van der Waals surface area contributed by atoms with Crippen LogP contribution in [0.3, 0.4) is 0 Å². The van der Waals surface area contributed by atoms with Gasteiger partial charge in [-0.2, -0.15) is 4.98 Å². The molecular weight excluding hydrogens is 339 g/mol. The predicted octanol–water partition coefficient (Wildman–Crippen LogP) is 3.98. The van der Waals surface area contributed by atoms with E-state index in [-0.39, 0.29) is 17.5 Å². The lowest BCUT2D eigenvalue weighted by molar-refractivity contribution is -0.384. The Morgan fingerprint density at radius 2 is 2.00 bits per heavy atom. The Balaban J connectivity index is 1.71. The summed E-state index contributed by atoms with van der Waals surface area (Å²) in [5, 5.41) is 14.8. The van der Waals surface area contributed by atoms with Crippen molar-refractivity contribution in [2.75, 3.05) is 7.05 Å². The zero-order valence-electron chi connectivity index (χ0n) is 14.3. The van der Waals surface area contributed by atoms with Crippen molar-refractivity contribution in [1.29, 1.82) is 0 Å². The summed E-state index contributed by atoms with van der Waals surface area (Å²) in [6.45, 7) is 2.31. The number of non-ortho nitro benzene ring substituents is 1. The summed E-state index contributed by atoms with van der Waals surface area (Å²) in [6, 6.07) is 12.3. The molecule has 7 nitrogen and oxygen atoms in total. The average Bonchev–Trinajstić information content (AvgIpc) is 3.10. The molecule has 0 fully saturated rings. The summed E-state index contributed by atoms with van der Waals surface area (Å²) < 4.78 is 18.3. The highest BCUT2D eigenvalue weighted by molar-refractivity contribution is 5.53. The Labute approximate surface area is 149 Å². The van der Waals surface area contributed by atoms with Crippen LogP contribution in [0.25, 0.3) is 11.4 Å². The van der Waals surface area contributed by atoms with Crippen LogP contribution >= 0.6 is 0 Å². The van der Waals surface area contributed by atoms with Crippen LogP contribution in [0.15, 0.2) is 53.1 Å². The van der Waals surface area contributed by atoms with Crippen LogP contribution in [0.2, 0.25) is 0 Å². The molecule has 0 unspecified atom stereocenters. The molecule has 134 valence electrons. The van der Waals surface area contributed by atoms with Crippen molar-refractivity contribution in [3.63, 3.8) is 0 Å². The second-order valence-corrected chi connectivity index (χ2v) is 5.96. The van der Waals surface area contributed by atoms with Crippen molar-refractivity contribution in [1.82, 2.24) is 15.0 Å². The molecule has 3 aromatic rings. The first-order valence-electron chi connectivity index (χ1n) is 7.97. The Morgan fingerprint density at radius 3 is 2.69 bits per heavy atom. The summed E-state index contributed by atoms with van der Waals surface area (Å²) in [6.07, 6.45) is 0.